The van der Waals surface area contributed by atoms with Gasteiger partial charge in [-0.15, -0.1) is 0 Å². The number of hydrogen-bond acceptors (Lipinski definition) is 3. The fourth-order valence-electron chi connectivity index (χ4n) is 2.30. The molecule has 3 heterocycles. The van der Waals surface area contributed by atoms with Crippen molar-refractivity contribution < 1.29 is 18.7 Å². The van der Waals surface area contributed by atoms with Crippen LogP contribution in [0.25, 0.3) is 11.5 Å². The van der Waals surface area contributed by atoms with Gasteiger partial charge in [-0.3, -0.25) is 0 Å². The predicted octanol–water partition coefficient (Wildman–Crippen LogP) is 3.70. The van der Waals surface area contributed by atoms with Gasteiger partial charge in [0.25, 0.3) is 0 Å². The molecule has 0 aliphatic carbocycles. The van der Waals surface area contributed by atoms with E-state index in [9.17, 15) is 4.79 Å². The highest BCUT2D eigenvalue weighted by Crippen LogP contribution is 2.25. The molecule has 3 rings (SSSR count). The summed E-state index contributed by atoms with van der Waals surface area (Å²) in [6.45, 7) is 4.34. The summed E-state index contributed by atoms with van der Waals surface area (Å²) < 4.78 is 13.0. The van der Waals surface area contributed by atoms with E-state index >= 15 is 0 Å². The topological polar surface area (TPSA) is 68.5 Å². The normalized spacial score (nSPS) is 11.0. The zero-order valence-electron chi connectivity index (χ0n) is 11.8. The van der Waals surface area contributed by atoms with E-state index < -0.39 is 5.97 Å². The summed E-state index contributed by atoms with van der Waals surface area (Å²) in [5.74, 6) is 1.11. The summed E-state index contributed by atoms with van der Waals surface area (Å²) in [6, 6.07) is 11.0. The molecule has 0 fully saturated rings. The van der Waals surface area contributed by atoms with Crippen molar-refractivity contribution in [2.75, 3.05) is 0 Å². The maximum atomic E-state index is 10.9. The number of aromatic carboxylic acids is 1. The van der Waals surface area contributed by atoms with Gasteiger partial charge in [-0.1, -0.05) is 0 Å². The fraction of sp³-hybridized carbons (Fsp3) is 0.188. The zero-order chi connectivity index (χ0) is 15.0. The Hall–Kier alpha value is -2.69. The first-order valence-electron chi connectivity index (χ1n) is 6.59. The minimum Gasteiger partial charge on any atom is -0.475 e. The van der Waals surface area contributed by atoms with E-state index in [1.165, 1.54) is 6.07 Å². The Morgan fingerprint density at radius 2 is 1.90 bits per heavy atom. The van der Waals surface area contributed by atoms with Crippen LogP contribution in [0.3, 0.4) is 0 Å². The predicted molar refractivity (Wildman–Crippen MR) is 76.4 cm³/mol. The molecule has 0 saturated heterocycles. The van der Waals surface area contributed by atoms with Crippen molar-refractivity contribution in [1.82, 2.24) is 4.57 Å². The van der Waals surface area contributed by atoms with Crippen LogP contribution >= 0.6 is 0 Å². The molecular weight excluding hydrogens is 270 g/mol. The zero-order valence-corrected chi connectivity index (χ0v) is 11.8. The maximum absolute atomic E-state index is 10.9. The van der Waals surface area contributed by atoms with Crippen LogP contribution in [0.1, 0.15) is 27.8 Å². The van der Waals surface area contributed by atoms with E-state index in [2.05, 4.69) is 0 Å². The van der Waals surface area contributed by atoms with Gasteiger partial charge in [0.15, 0.2) is 5.76 Å². The van der Waals surface area contributed by atoms with Gasteiger partial charge in [0, 0.05) is 5.69 Å². The standard InChI is InChI=1S/C16H15NO4/c1-10-3-6-13(14-7-4-11(2)20-14)17(10)9-12-5-8-15(21-12)16(18)19/h3-8H,9H2,1-2H3,(H,18,19). The molecule has 0 radical (unpaired) electrons. The molecule has 0 atom stereocenters. The molecule has 0 spiro atoms. The first-order valence-corrected chi connectivity index (χ1v) is 6.59. The summed E-state index contributed by atoms with van der Waals surface area (Å²) in [5, 5.41) is 8.90. The Morgan fingerprint density at radius 1 is 1.10 bits per heavy atom. The minimum atomic E-state index is -1.06. The lowest BCUT2D eigenvalue weighted by atomic mass is 10.3. The summed E-state index contributed by atoms with van der Waals surface area (Å²) in [5.41, 5.74) is 1.99. The van der Waals surface area contributed by atoms with Gasteiger partial charge < -0.3 is 18.5 Å². The molecule has 21 heavy (non-hydrogen) atoms. The molecule has 0 aromatic carbocycles. The molecule has 5 nitrogen and oxygen atoms in total. The van der Waals surface area contributed by atoms with Crippen LogP contribution in [0, 0.1) is 13.8 Å². The molecule has 108 valence electrons. The SMILES string of the molecule is Cc1ccc(-c2ccc(C)n2Cc2ccc(C(=O)O)o2)o1. The number of nitrogens with zero attached hydrogens (tertiary/aromatic N) is 1. The molecule has 5 heteroatoms. The van der Waals surface area contributed by atoms with Crippen LogP contribution in [0.15, 0.2) is 45.2 Å². The van der Waals surface area contributed by atoms with Crippen LogP contribution in [0.2, 0.25) is 0 Å². The summed E-state index contributed by atoms with van der Waals surface area (Å²) in [4.78, 5) is 10.9. The van der Waals surface area contributed by atoms with E-state index in [-0.39, 0.29) is 5.76 Å². The van der Waals surface area contributed by atoms with Crippen LogP contribution in [-0.4, -0.2) is 15.6 Å². The lowest BCUT2D eigenvalue weighted by Gasteiger charge is -2.08. The molecule has 3 aromatic heterocycles. The third kappa shape index (κ3) is 2.50. The van der Waals surface area contributed by atoms with E-state index in [4.69, 9.17) is 13.9 Å². The van der Waals surface area contributed by atoms with Gasteiger partial charge in [0.2, 0.25) is 5.76 Å². The average Bonchev–Trinajstić information content (AvgIpc) is 3.13. The van der Waals surface area contributed by atoms with Crippen LogP contribution in [-0.2, 0) is 6.54 Å². The second-order valence-electron chi connectivity index (χ2n) is 4.93. The van der Waals surface area contributed by atoms with Crippen molar-refractivity contribution in [1.29, 1.82) is 0 Å². The first-order chi connectivity index (χ1) is 10.0. The van der Waals surface area contributed by atoms with E-state index in [0.29, 0.717) is 12.3 Å². The van der Waals surface area contributed by atoms with E-state index in [1.54, 1.807) is 6.07 Å². The smallest absolute Gasteiger partial charge is 0.371 e. The number of carboxylic acid groups (broad SMARTS) is 1. The summed E-state index contributed by atoms with van der Waals surface area (Å²) >= 11 is 0. The molecule has 0 amide bonds. The fourth-order valence-corrected chi connectivity index (χ4v) is 2.30. The van der Waals surface area contributed by atoms with Crippen molar-refractivity contribution in [3.63, 3.8) is 0 Å². The molecule has 3 aromatic rings. The number of rotatable bonds is 4. The van der Waals surface area contributed by atoms with Gasteiger partial charge in [0.1, 0.15) is 11.5 Å². The van der Waals surface area contributed by atoms with Gasteiger partial charge in [-0.25, -0.2) is 4.79 Å². The van der Waals surface area contributed by atoms with Crippen molar-refractivity contribution in [2.24, 2.45) is 0 Å². The summed E-state index contributed by atoms with van der Waals surface area (Å²) in [6.07, 6.45) is 0. The lowest BCUT2D eigenvalue weighted by Crippen LogP contribution is -2.02. The second-order valence-corrected chi connectivity index (χ2v) is 4.93. The highest BCUT2D eigenvalue weighted by Gasteiger charge is 2.14. The Balaban J connectivity index is 1.94. The van der Waals surface area contributed by atoms with E-state index in [0.717, 1.165) is 22.9 Å². The quantitative estimate of drug-likeness (QED) is 0.793. The second kappa shape index (κ2) is 5.01. The lowest BCUT2D eigenvalue weighted by molar-refractivity contribution is 0.0660. The van der Waals surface area contributed by atoms with Crippen molar-refractivity contribution in [3.8, 4) is 11.5 Å². The van der Waals surface area contributed by atoms with Crippen molar-refractivity contribution in [3.05, 3.63) is 59.4 Å². The number of aromatic nitrogens is 1. The number of carboxylic acids is 1. The van der Waals surface area contributed by atoms with E-state index in [1.807, 2.05) is 42.7 Å². The third-order valence-electron chi connectivity index (χ3n) is 3.38. The van der Waals surface area contributed by atoms with Gasteiger partial charge >= 0.3 is 5.97 Å². The largest absolute Gasteiger partial charge is 0.475 e. The number of hydrogen-bond donors (Lipinski definition) is 1. The Labute approximate surface area is 121 Å². The highest BCUT2D eigenvalue weighted by molar-refractivity contribution is 5.84. The number of aryl methyl sites for hydroxylation is 2. The van der Waals surface area contributed by atoms with Gasteiger partial charge in [-0.2, -0.15) is 0 Å². The van der Waals surface area contributed by atoms with Gasteiger partial charge in [0.05, 0.1) is 12.2 Å². The van der Waals surface area contributed by atoms with Crippen LogP contribution < -0.4 is 0 Å². The molecule has 0 aliphatic rings. The van der Waals surface area contributed by atoms with Crippen LogP contribution in [0.4, 0.5) is 0 Å². The minimum absolute atomic E-state index is 0.0507. The summed E-state index contributed by atoms with van der Waals surface area (Å²) in [7, 11) is 0. The van der Waals surface area contributed by atoms with Crippen LogP contribution in [0.5, 0.6) is 0 Å². The Kier molecular flexibility index (Phi) is 3.17. The first kappa shape index (κ1) is 13.3. The number of furan rings is 2. The average molecular weight is 285 g/mol. The molecular formula is C16H15NO4. The third-order valence-corrected chi connectivity index (χ3v) is 3.38. The molecule has 0 bridgehead atoms. The highest BCUT2D eigenvalue weighted by atomic mass is 16.4. The maximum Gasteiger partial charge on any atom is 0.371 e. The Morgan fingerprint density at radius 3 is 2.52 bits per heavy atom. The monoisotopic (exact) mass is 285 g/mol. The molecule has 0 aliphatic heterocycles. The Bertz CT molecular complexity index is 791. The molecule has 0 unspecified atom stereocenters. The van der Waals surface area contributed by atoms with Gasteiger partial charge in [-0.05, 0) is 50.2 Å². The van der Waals surface area contributed by atoms with Crippen molar-refractivity contribution in [2.45, 2.75) is 20.4 Å². The number of carbonyl (C=O) groups is 1. The molecule has 0 saturated carbocycles. The van der Waals surface area contributed by atoms with Crippen molar-refractivity contribution >= 4 is 5.97 Å². The molecule has 1 N–H and O–H groups in total.